The van der Waals surface area contributed by atoms with Crippen LogP contribution in [0.5, 0.6) is 17.2 Å². The van der Waals surface area contributed by atoms with Gasteiger partial charge in [0.1, 0.15) is 17.6 Å². The molecule has 0 saturated carbocycles. The molecular formula is C26H23Br2F3O5. The average molecular weight is 632 g/mol. The van der Waals surface area contributed by atoms with Crippen LogP contribution < -0.4 is 9.47 Å². The van der Waals surface area contributed by atoms with E-state index in [0.717, 1.165) is 17.7 Å². The summed E-state index contributed by atoms with van der Waals surface area (Å²) in [5.41, 5.74) is 1.39. The first-order chi connectivity index (χ1) is 17.0. The molecule has 0 saturated heterocycles. The van der Waals surface area contributed by atoms with Crippen LogP contribution in [0.4, 0.5) is 13.2 Å². The molecule has 0 aromatic heterocycles. The number of hydrogen-bond acceptors (Lipinski definition) is 4. The Kier molecular flexibility index (Phi) is 9.08. The molecule has 192 valence electrons. The van der Waals surface area contributed by atoms with E-state index in [0.29, 0.717) is 31.6 Å². The lowest BCUT2D eigenvalue weighted by molar-refractivity contribution is -0.136. The van der Waals surface area contributed by atoms with Gasteiger partial charge in [-0.3, -0.25) is 4.79 Å². The molecule has 1 atom stereocenters. The third-order valence-electron chi connectivity index (χ3n) is 5.48. The number of carboxylic acids is 1. The highest BCUT2D eigenvalue weighted by Gasteiger charge is 2.28. The van der Waals surface area contributed by atoms with Crippen molar-refractivity contribution in [2.24, 2.45) is 0 Å². The molecule has 5 nitrogen and oxygen atoms in total. The predicted octanol–water partition coefficient (Wildman–Crippen LogP) is 7.92. The number of hydrogen-bond donors (Lipinski definition) is 1. The Balaban J connectivity index is 2.22. The molecule has 0 heterocycles. The van der Waals surface area contributed by atoms with E-state index in [1.165, 1.54) is 14.2 Å². The lowest BCUT2D eigenvalue weighted by atomic mass is 9.94. The van der Waals surface area contributed by atoms with Crippen LogP contribution in [0.2, 0.25) is 0 Å². The van der Waals surface area contributed by atoms with E-state index in [2.05, 4.69) is 31.9 Å². The summed E-state index contributed by atoms with van der Waals surface area (Å²) in [6.45, 7) is 3.91. The van der Waals surface area contributed by atoms with E-state index >= 15 is 0 Å². The summed E-state index contributed by atoms with van der Waals surface area (Å²) in [5, 5.41) is 9.11. The second kappa shape index (κ2) is 11.7. The molecule has 0 amide bonds. The van der Waals surface area contributed by atoms with Gasteiger partial charge in [0.15, 0.2) is 23.2 Å². The molecule has 1 N–H and O–H groups in total. The summed E-state index contributed by atoms with van der Waals surface area (Å²) in [4.78, 5) is 11.1. The van der Waals surface area contributed by atoms with Gasteiger partial charge >= 0.3 is 5.97 Å². The Hall–Kier alpha value is -2.56. The average Bonchev–Trinajstić information content (AvgIpc) is 2.81. The van der Waals surface area contributed by atoms with Crippen LogP contribution in [-0.4, -0.2) is 25.3 Å². The highest BCUT2D eigenvalue weighted by Crippen LogP contribution is 2.45. The Bertz CT molecular complexity index is 1270. The summed E-state index contributed by atoms with van der Waals surface area (Å²) < 4.78 is 60.8. The molecule has 0 aliphatic carbocycles. The van der Waals surface area contributed by atoms with Gasteiger partial charge in [0.25, 0.3) is 0 Å². The van der Waals surface area contributed by atoms with Crippen molar-refractivity contribution in [2.75, 3.05) is 14.2 Å². The van der Waals surface area contributed by atoms with Crippen LogP contribution >= 0.6 is 31.9 Å². The van der Waals surface area contributed by atoms with E-state index < -0.39 is 29.5 Å². The van der Waals surface area contributed by atoms with Crippen molar-refractivity contribution in [3.63, 3.8) is 0 Å². The lowest BCUT2D eigenvalue weighted by Crippen LogP contribution is -2.11. The van der Waals surface area contributed by atoms with Crippen molar-refractivity contribution in [2.45, 2.75) is 32.3 Å². The SMILES string of the molecule is COc1cc(C(OC)c2ccc(F)c(F)c2F)c(Oc2c(Br)cc(CC(=O)O)cc2Br)cc1C(C)C. The molecule has 0 aliphatic heterocycles. The summed E-state index contributed by atoms with van der Waals surface area (Å²) in [7, 11) is 2.80. The van der Waals surface area contributed by atoms with Gasteiger partial charge in [-0.25, -0.2) is 13.2 Å². The maximum absolute atomic E-state index is 14.8. The number of benzene rings is 3. The van der Waals surface area contributed by atoms with Crippen molar-refractivity contribution in [3.05, 3.63) is 85.0 Å². The largest absolute Gasteiger partial charge is 0.496 e. The Morgan fingerprint density at radius 2 is 1.53 bits per heavy atom. The zero-order valence-electron chi connectivity index (χ0n) is 19.8. The molecule has 1 unspecified atom stereocenters. The van der Waals surface area contributed by atoms with E-state index in [1.54, 1.807) is 24.3 Å². The van der Waals surface area contributed by atoms with E-state index in [4.69, 9.17) is 19.3 Å². The quantitative estimate of drug-likeness (QED) is 0.243. The van der Waals surface area contributed by atoms with E-state index in [9.17, 15) is 18.0 Å². The van der Waals surface area contributed by atoms with Crippen molar-refractivity contribution in [3.8, 4) is 17.2 Å². The predicted molar refractivity (Wildman–Crippen MR) is 136 cm³/mol. The van der Waals surface area contributed by atoms with Crippen LogP contribution in [0.3, 0.4) is 0 Å². The van der Waals surface area contributed by atoms with Gasteiger partial charge in [0.2, 0.25) is 0 Å². The van der Waals surface area contributed by atoms with Gasteiger partial charge in [-0.05, 0) is 73.7 Å². The van der Waals surface area contributed by atoms with Crippen LogP contribution in [-0.2, 0) is 16.0 Å². The van der Waals surface area contributed by atoms with E-state index in [-0.39, 0.29) is 23.7 Å². The summed E-state index contributed by atoms with van der Waals surface area (Å²) in [6.07, 6.45) is -1.36. The number of ether oxygens (including phenoxy) is 3. The third-order valence-corrected chi connectivity index (χ3v) is 6.65. The minimum Gasteiger partial charge on any atom is -0.496 e. The molecule has 10 heteroatoms. The van der Waals surface area contributed by atoms with E-state index in [1.807, 2.05) is 13.8 Å². The zero-order valence-corrected chi connectivity index (χ0v) is 23.0. The molecule has 3 rings (SSSR count). The summed E-state index contributed by atoms with van der Waals surface area (Å²) in [6, 6.07) is 8.50. The second-order valence-corrected chi connectivity index (χ2v) is 9.94. The van der Waals surface area contributed by atoms with Gasteiger partial charge in [-0.2, -0.15) is 0 Å². The first-order valence-electron chi connectivity index (χ1n) is 10.7. The minimum absolute atomic E-state index is 0.0159. The zero-order chi connectivity index (χ0) is 26.7. The summed E-state index contributed by atoms with van der Waals surface area (Å²) in [5.74, 6) is -4.21. The molecule has 0 radical (unpaired) electrons. The van der Waals surface area contributed by atoms with Gasteiger partial charge in [0, 0.05) is 23.8 Å². The fourth-order valence-electron chi connectivity index (χ4n) is 3.77. The van der Waals surface area contributed by atoms with Crippen LogP contribution in [0.1, 0.15) is 48.1 Å². The molecule has 0 fully saturated rings. The topological polar surface area (TPSA) is 65.0 Å². The second-order valence-electron chi connectivity index (χ2n) is 8.23. The lowest BCUT2D eigenvalue weighted by Gasteiger charge is -2.24. The molecular weight excluding hydrogens is 609 g/mol. The van der Waals surface area contributed by atoms with Gasteiger partial charge in [-0.1, -0.05) is 19.9 Å². The first kappa shape index (κ1) is 28.0. The number of halogens is 5. The standard InChI is InChI=1S/C26H23Br2F3O5/c1-12(2)15-10-21(36-26-17(27)7-13(8-18(26)28)9-22(32)33)16(11-20(15)34-3)25(35-4)14-5-6-19(29)24(31)23(14)30/h5-8,10-12,25H,9H2,1-4H3,(H,32,33). The van der Waals surface area contributed by atoms with Crippen molar-refractivity contribution < 1.29 is 37.3 Å². The normalized spacial score (nSPS) is 12.1. The number of carbonyl (C=O) groups is 1. The number of methoxy groups -OCH3 is 2. The molecule has 0 bridgehead atoms. The molecule has 0 aliphatic rings. The van der Waals surface area contributed by atoms with Crippen molar-refractivity contribution >= 4 is 37.8 Å². The smallest absolute Gasteiger partial charge is 0.307 e. The Morgan fingerprint density at radius 3 is 2.06 bits per heavy atom. The van der Waals surface area contributed by atoms with Crippen LogP contribution in [0.25, 0.3) is 0 Å². The Morgan fingerprint density at radius 1 is 0.917 bits per heavy atom. The maximum atomic E-state index is 14.8. The Labute approximate surface area is 223 Å². The third kappa shape index (κ3) is 5.87. The number of carboxylic acid groups (broad SMARTS) is 1. The molecule has 3 aromatic carbocycles. The van der Waals surface area contributed by atoms with Crippen LogP contribution in [0.15, 0.2) is 45.3 Å². The fraction of sp³-hybridized carbons (Fsp3) is 0.269. The monoisotopic (exact) mass is 630 g/mol. The van der Waals surface area contributed by atoms with Crippen LogP contribution in [0, 0.1) is 17.5 Å². The summed E-state index contributed by atoms with van der Waals surface area (Å²) >= 11 is 6.84. The molecule has 3 aromatic rings. The molecule has 0 spiro atoms. The first-order valence-corrected chi connectivity index (χ1v) is 12.3. The molecule has 36 heavy (non-hydrogen) atoms. The van der Waals surface area contributed by atoms with Crippen molar-refractivity contribution in [1.82, 2.24) is 0 Å². The van der Waals surface area contributed by atoms with Gasteiger partial charge in [-0.15, -0.1) is 0 Å². The highest BCUT2D eigenvalue weighted by molar-refractivity contribution is 9.11. The minimum atomic E-state index is -1.61. The number of rotatable bonds is 9. The van der Waals surface area contributed by atoms with Gasteiger partial charge in [0.05, 0.1) is 22.5 Å². The number of aliphatic carboxylic acids is 1. The maximum Gasteiger partial charge on any atom is 0.307 e. The van der Waals surface area contributed by atoms with Gasteiger partial charge < -0.3 is 19.3 Å². The fourth-order valence-corrected chi connectivity index (χ4v) is 5.22. The highest BCUT2D eigenvalue weighted by atomic mass is 79.9. The van der Waals surface area contributed by atoms with Crippen molar-refractivity contribution in [1.29, 1.82) is 0 Å².